The number of benzene rings is 1. The maximum absolute atomic E-state index is 12.7. The number of carbonyl (C=O) groups excluding carboxylic acids is 1. The van der Waals surface area contributed by atoms with Crippen molar-refractivity contribution in [1.82, 2.24) is 20.0 Å². The van der Waals surface area contributed by atoms with Gasteiger partial charge in [0.1, 0.15) is 0 Å². The topological polar surface area (TPSA) is 84.2 Å². The number of anilines is 1. The Balaban J connectivity index is 1.45. The van der Waals surface area contributed by atoms with Crippen LogP contribution in [-0.4, -0.2) is 39.1 Å². The number of carbonyl (C=O) groups is 1. The van der Waals surface area contributed by atoms with Gasteiger partial charge in [-0.15, -0.1) is 0 Å². The minimum absolute atomic E-state index is 0.0218. The van der Waals surface area contributed by atoms with E-state index in [0.29, 0.717) is 24.8 Å². The molecule has 1 N–H and O–H groups in total. The molecule has 4 rings (SSSR count). The molecule has 0 saturated carbocycles. The van der Waals surface area contributed by atoms with E-state index >= 15 is 0 Å². The van der Waals surface area contributed by atoms with Crippen molar-refractivity contribution in [3.05, 3.63) is 59.7 Å². The first kappa shape index (κ1) is 18.2. The van der Waals surface area contributed by atoms with Gasteiger partial charge in [0.25, 0.3) is 0 Å². The van der Waals surface area contributed by atoms with Crippen LogP contribution in [0.2, 0.25) is 0 Å². The molecule has 0 unspecified atom stereocenters. The molecular formula is C21H23N5O2. The van der Waals surface area contributed by atoms with Crippen molar-refractivity contribution in [3.8, 4) is 11.4 Å². The molecule has 2 amide bonds. The number of aromatic nitrogens is 3. The third-order valence-electron chi connectivity index (χ3n) is 5.36. The highest BCUT2D eigenvalue weighted by molar-refractivity contribution is 5.89. The quantitative estimate of drug-likeness (QED) is 0.745. The highest BCUT2D eigenvalue weighted by atomic mass is 16.5. The van der Waals surface area contributed by atoms with Crippen molar-refractivity contribution in [2.45, 2.75) is 26.7 Å². The summed E-state index contributed by atoms with van der Waals surface area (Å²) in [6.07, 6.45) is 3.39. The number of amides is 2. The summed E-state index contributed by atoms with van der Waals surface area (Å²) < 4.78 is 5.51. The van der Waals surface area contributed by atoms with E-state index in [9.17, 15) is 4.79 Å². The van der Waals surface area contributed by atoms with Gasteiger partial charge in [-0.1, -0.05) is 18.1 Å². The number of urea groups is 1. The summed E-state index contributed by atoms with van der Waals surface area (Å²) in [5, 5.41) is 7.08. The Morgan fingerprint density at radius 2 is 1.93 bits per heavy atom. The van der Waals surface area contributed by atoms with Crippen LogP contribution in [0.15, 0.2) is 47.2 Å². The molecule has 2 aromatic heterocycles. The molecule has 0 bridgehead atoms. The second-order valence-corrected chi connectivity index (χ2v) is 7.41. The fraction of sp³-hybridized carbons (Fsp3) is 0.333. The van der Waals surface area contributed by atoms with Crippen LogP contribution in [-0.2, 0) is 0 Å². The molecule has 1 aromatic carbocycles. The average Bonchev–Trinajstić information content (AvgIpc) is 3.32. The van der Waals surface area contributed by atoms with Crippen LogP contribution in [0.4, 0.5) is 10.5 Å². The van der Waals surface area contributed by atoms with Gasteiger partial charge >= 0.3 is 6.03 Å². The van der Waals surface area contributed by atoms with Crippen LogP contribution in [0.25, 0.3) is 11.4 Å². The predicted octanol–water partition coefficient (Wildman–Crippen LogP) is 4.02. The molecule has 0 spiro atoms. The lowest BCUT2D eigenvalue weighted by Crippen LogP contribution is -2.33. The van der Waals surface area contributed by atoms with Gasteiger partial charge in [-0.25, -0.2) is 4.79 Å². The minimum atomic E-state index is -0.105. The summed E-state index contributed by atoms with van der Waals surface area (Å²) in [7, 11) is 0. The van der Waals surface area contributed by atoms with Gasteiger partial charge in [0.15, 0.2) is 0 Å². The van der Waals surface area contributed by atoms with Crippen LogP contribution >= 0.6 is 0 Å². The zero-order chi connectivity index (χ0) is 19.7. The summed E-state index contributed by atoms with van der Waals surface area (Å²) >= 11 is 0. The lowest BCUT2D eigenvalue weighted by molar-refractivity contribution is 0.220. The SMILES string of the molecule is Cc1ccc(NC(=O)N2C[C@H](c3nc(-c4ccncc4)no3)[C@@H](C)C2)cc1C. The van der Waals surface area contributed by atoms with Gasteiger partial charge in [-0.2, -0.15) is 4.98 Å². The van der Waals surface area contributed by atoms with Crippen molar-refractivity contribution in [3.63, 3.8) is 0 Å². The Bertz CT molecular complexity index is 985. The number of rotatable bonds is 3. The number of likely N-dealkylation sites (tertiary alicyclic amines) is 1. The molecular weight excluding hydrogens is 354 g/mol. The van der Waals surface area contributed by atoms with Crippen molar-refractivity contribution < 1.29 is 9.32 Å². The van der Waals surface area contributed by atoms with Crippen LogP contribution in [0.5, 0.6) is 0 Å². The molecule has 1 aliphatic rings. The standard InChI is InChI=1S/C21H23N5O2/c1-13-4-5-17(10-14(13)2)23-21(27)26-11-15(3)18(12-26)20-24-19(25-28-20)16-6-8-22-9-7-16/h4-10,15,18H,11-12H2,1-3H3,(H,23,27)/t15-,18-/m0/s1. The maximum Gasteiger partial charge on any atom is 0.321 e. The molecule has 1 aliphatic heterocycles. The van der Waals surface area contributed by atoms with Crippen molar-refractivity contribution in [1.29, 1.82) is 0 Å². The number of pyridine rings is 1. The maximum atomic E-state index is 12.7. The first-order valence-corrected chi connectivity index (χ1v) is 9.38. The number of hydrogen-bond donors (Lipinski definition) is 1. The average molecular weight is 377 g/mol. The fourth-order valence-corrected chi connectivity index (χ4v) is 3.48. The molecule has 2 atom stereocenters. The van der Waals surface area contributed by atoms with E-state index in [0.717, 1.165) is 16.8 Å². The molecule has 0 radical (unpaired) electrons. The summed E-state index contributed by atoms with van der Waals surface area (Å²) in [4.78, 5) is 23.1. The monoisotopic (exact) mass is 377 g/mol. The fourth-order valence-electron chi connectivity index (χ4n) is 3.48. The molecule has 144 valence electrons. The van der Waals surface area contributed by atoms with E-state index in [1.54, 1.807) is 17.3 Å². The number of hydrogen-bond acceptors (Lipinski definition) is 5. The highest BCUT2D eigenvalue weighted by Crippen LogP contribution is 2.32. The van der Waals surface area contributed by atoms with Crippen LogP contribution in [0.3, 0.4) is 0 Å². The van der Waals surface area contributed by atoms with Crippen molar-refractivity contribution in [2.75, 3.05) is 18.4 Å². The number of nitrogens with zero attached hydrogens (tertiary/aromatic N) is 4. The predicted molar refractivity (Wildman–Crippen MR) is 106 cm³/mol. The molecule has 0 aliphatic carbocycles. The second kappa shape index (κ2) is 7.42. The largest absolute Gasteiger partial charge is 0.339 e. The van der Waals surface area contributed by atoms with E-state index < -0.39 is 0 Å². The molecule has 1 saturated heterocycles. The molecule has 3 aromatic rings. The van der Waals surface area contributed by atoms with Crippen LogP contribution in [0, 0.1) is 19.8 Å². The van der Waals surface area contributed by atoms with Gasteiger partial charge in [-0.05, 0) is 55.2 Å². The van der Waals surface area contributed by atoms with E-state index in [-0.39, 0.29) is 17.9 Å². The smallest absolute Gasteiger partial charge is 0.321 e. The normalized spacial score (nSPS) is 19.0. The van der Waals surface area contributed by atoms with Crippen LogP contribution < -0.4 is 5.32 Å². The first-order valence-electron chi connectivity index (χ1n) is 9.38. The zero-order valence-corrected chi connectivity index (χ0v) is 16.2. The third kappa shape index (κ3) is 3.60. The summed E-state index contributed by atoms with van der Waals surface area (Å²) in [6.45, 7) is 7.39. The van der Waals surface area contributed by atoms with Crippen molar-refractivity contribution in [2.24, 2.45) is 5.92 Å². The highest BCUT2D eigenvalue weighted by Gasteiger charge is 2.37. The van der Waals surface area contributed by atoms with Gasteiger partial charge in [0.05, 0.1) is 5.92 Å². The first-order chi connectivity index (χ1) is 13.5. The third-order valence-corrected chi connectivity index (χ3v) is 5.36. The Hall–Kier alpha value is -3.22. The molecule has 7 nitrogen and oxygen atoms in total. The molecule has 7 heteroatoms. The van der Waals surface area contributed by atoms with E-state index in [4.69, 9.17) is 4.52 Å². The molecule has 3 heterocycles. The van der Waals surface area contributed by atoms with Gasteiger partial charge < -0.3 is 14.7 Å². The van der Waals surface area contributed by atoms with E-state index in [1.165, 1.54) is 5.56 Å². The molecule has 1 fully saturated rings. The summed E-state index contributed by atoms with van der Waals surface area (Å²) in [5.74, 6) is 1.37. The van der Waals surface area contributed by atoms with E-state index in [2.05, 4.69) is 34.3 Å². The van der Waals surface area contributed by atoms with Gasteiger partial charge in [0.2, 0.25) is 11.7 Å². The van der Waals surface area contributed by atoms with Crippen LogP contribution in [0.1, 0.15) is 29.9 Å². The van der Waals surface area contributed by atoms with Gasteiger partial charge in [-0.3, -0.25) is 4.98 Å². The Kier molecular flexibility index (Phi) is 4.81. The summed E-state index contributed by atoms with van der Waals surface area (Å²) in [5.41, 5.74) is 4.02. The molecule has 28 heavy (non-hydrogen) atoms. The van der Waals surface area contributed by atoms with E-state index in [1.807, 2.05) is 37.3 Å². The summed E-state index contributed by atoms with van der Waals surface area (Å²) in [6, 6.07) is 9.51. The lowest BCUT2D eigenvalue weighted by atomic mass is 9.98. The minimum Gasteiger partial charge on any atom is -0.339 e. The number of nitrogens with one attached hydrogen (secondary N) is 1. The zero-order valence-electron chi connectivity index (χ0n) is 16.2. The Labute approximate surface area is 163 Å². The second-order valence-electron chi connectivity index (χ2n) is 7.41. The van der Waals surface area contributed by atoms with Gasteiger partial charge in [0, 0.05) is 36.7 Å². The Morgan fingerprint density at radius 3 is 2.68 bits per heavy atom. The Morgan fingerprint density at radius 1 is 1.14 bits per heavy atom. The lowest BCUT2D eigenvalue weighted by Gasteiger charge is -2.17. The number of aryl methyl sites for hydroxylation is 2. The van der Waals surface area contributed by atoms with Crippen molar-refractivity contribution >= 4 is 11.7 Å².